The molecule has 1 aromatic heterocycles. The lowest BCUT2D eigenvalue weighted by molar-refractivity contribution is -0.140. The number of carbonyl (C=O) groups is 2. The molecule has 3 aromatic rings. The van der Waals surface area contributed by atoms with Crippen molar-refractivity contribution in [3.05, 3.63) is 81.7 Å². The van der Waals surface area contributed by atoms with Gasteiger partial charge in [-0.05, 0) is 87.8 Å². The number of anilines is 1. The molecule has 0 radical (unpaired) electrons. The predicted octanol–water partition coefficient (Wildman–Crippen LogP) is 7.61. The van der Waals surface area contributed by atoms with Gasteiger partial charge in [-0.25, -0.2) is 4.79 Å². The zero-order valence-corrected chi connectivity index (χ0v) is 23.0. The number of amides is 1. The average molecular weight is 549 g/mol. The Morgan fingerprint density at radius 2 is 1.54 bits per heavy atom. The van der Waals surface area contributed by atoms with Crippen molar-refractivity contribution in [3.8, 4) is 0 Å². The average Bonchev–Trinajstić information content (AvgIpc) is 3.69. The summed E-state index contributed by atoms with van der Waals surface area (Å²) in [5.74, 6) is 0.0191. The molecular formula is C31H33ClN2O5. The van der Waals surface area contributed by atoms with E-state index < -0.39 is 23.6 Å². The molecule has 204 valence electrons. The zero-order valence-electron chi connectivity index (χ0n) is 22.3. The number of fused-ring (bicyclic) bond motifs is 3. The third kappa shape index (κ3) is 4.31. The monoisotopic (exact) mass is 548 g/mol. The van der Waals surface area contributed by atoms with Crippen molar-refractivity contribution in [1.29, 1.82) is 0 Å². The number of aromatic nitrogens is 1. The fraction of sp³-hybridized carbons (Fsp3) is 0.452. The first-order valence-corrected chi connectivity index (χ1v) is 14.1. The number of nitrogens with one attached hydrogen (secondary N) is 1. The lowest BCUT2D eigenvalue weighted by Crippen LogP contribution is -2.46. The number of nitrogens with zero attached hydrogens (tertiary/aromatic N) is 1. The van der Waals surface area contributed by atoms with Gasteiger partial charge >= 0.3 is 12.1 Å². The smallest absolute Gasteiger partial charge is 0.412 e. The maximum atomic E-state index is 12.9. The Morgan fingerprint density at radius 1 is 0.949 bits per heavy atom. The van der Waals surface area contributed by atoms with Crippen molar-refractivity contribution in [2.75, 3.05) is 5.32 Å². The van der Waals surface area contributed by atoms with Crippen LogP contribution in [0, 0.1) is 6.92 Å². The van der Waals surface area contributed by atoms with Gasteiger partial charge in [0.2, 0.25) is 0 Å². The summed E-state index contributed by atoms with van der Waals surface area (Å²) in [5, 5.41) is 17.3. The summed E-state index contributed by atoms with van der Waals surface area (Å²) in [4.78, 5) is 24.6. The summed E-state index contributed by atoms with van der Waals surface area (Å²) >= 11 is 6.28. The molecule has 4 aliphatic rings. The van der Waals surface area contributed by atoms with E-state index in [2.05, 4.69) is 22.6 Å². The van der Waals surface area contributed by atoms with Crippen molar-refractivity contribution < 1.29 is 24.0 Å². The maximum Gasteiger partial charge on any atom is 0.412 e. The van der Waals surface area contributed by atoms with Gasteiger partial charge in [-0.3, -0.25) is 10.1 Å². The van der Waals surface area contributed by atoms with Gasteiger partial charge in [0.15, 0.2) is 5.76 Å². The number of aryl methyl sites for hydroxylation is 1. The fourth-order valence-electron chi connectivity index (χ4n) is 6.89. The molecule has 8 heteroatoms. The molecule has 1 amide bonds. The summed E-state index contributed by atoms with van der Waals surface area (Å²) < 4.78 is 11.5. The molecule has 7 nitrogen and oxygen atoms in total. The molecule has 0 saturated heterocycles. The van der Waals surface area contributed by atoms with Crippen LogP contribution in [0.4, 0.5) is 10.5 Å². The topological polar surface area (TPSA) is 102 Å². The van der Waals surface area contributed by atoms with E-state index in [0.717, 1.165) is 68.3 Å². The second-order valence-electron chi connectivity index (χ2n) is 11.7. The second kappa shape index (κ2) is 9.40. The van der Waals surface area contributed by atoms with Crippen molar-refractivity contribution >= 4 is 29.4 Å². The highest BCUT2D eigenvalue weighted by Gasteiger charge is 2.54. The van der Waals surface area contributed by atoms with Gasteiger partial charge < -0.3 is 14.4 Å². The molecule has 1 heterocycles. The van der Waals surface area contributed by atoms with Gasteiger partial charge in [-0.2, -0.15) is 0 Å². The number of halogens is 1. The van der Waals surface area contributed by atoms with Crippen LogP contribution in [-0.2, 0) is 25.8 Å². The number of hydrogen-bond acceptors (Lipinski definition) is 5. The minimum Gasteiger partial charge on any atom is -0.481 e. The standard InChI is InChI=1S/C31H33ClN2O5/c1-19-25(33-28(37)38-20(2)23-5-3-4-6-24(23)32)26(39-34-19)30-14-11-29(12-15-30,13-16-30)21-7-9-22(10-8-21)31(17-18-31)27(35)36/h3-10,20H,11-18H2,1-2H3,(H,33,37)(H,35,36). The normalized spacial score (nSPS) is 25.6. The first-order valence-electron chi connectivity index (χ1n) is 13.7. The molecule has 4 aliphatic carbocycles. The molecule has 39 heavy (non-hydrogen) atoms. The third-order valence-corrected chi connectivity index (χ3v) is 10.00. The van der Waals surface area contributed by atoms with Crippen LogP contribution in [0.5, 0.6) is 0 Å². The van der Waals surface area contributed by atoms with Gasteiger partial charge in [0.1, 0.15) is 17.5 Å². The van der Waals surface area contributed by atoms with Crippen LogP contribution in [0.25, 0.3) is 0 Å². The molecular weight excluding hydrogens is 516 g/mol. The molecule has 1 unspecified atom stereocenters. The minimum atomic E-state index is -0.720. The van der Waals surface area contributed by atoms with Crippen molar-refractivity contribution in [3.63, 3.8) is 0 Å². The van der Waals surface area contributed by atoms with Crippen LogP contribution in [-0.4, -0.2) is 22.3 Å². The van der Waals surface area contributed by atoms with Crippen LogP contribution in [0.2, 0.25) is 5.02 Å². The Hall–Kier alpha value is -3.32. The van der Waals surface area contributed by atoms with Crippen molar-refractivity contribution in [1.82, 2.24) is 5.16 Å². The molecule has 2 bridgehead atoms. The van der Waals surface area contributed by atoms with Gasteiger partial charge in [0.05, 0.1) is 5.41 Å². The van der Waals surface area contributed by atoms with Crippen LogP contribution >= 0.6 is 11.6 Å². The molecule has 1 atom stereocenters. The quantitative estimate of drug-likeness (QED) is 0.315. The van der Waals surface area contributed by atoms with Crippen LogP contribution < -0.4 is 5.32 Å². The van der Waals surface area contributed by atoms with E-state index in [4.69, 9.17) is 20.9 Å². The Labute approximate surface area is 232 Å². The van der Waals surface area contributed by atoms with E-state index in [1.165, 1.54) is 5.56 Å². The number of aliphatic carboxylic acids is 1. The van der Waals surface area contributed by atoms with E-state index in [0.29, 0.717) is 16.4 Å². The largest absolute Gasteiger partial charge is 0.481 e. The van der Waals surface area contributed by atoms with E-state index in [1.807, 2.05) is 37.3 Å². The van der Waals surface area contributed by atoms with Crippen LogP contribution in [0.1, 0.15) is 92.5 Å². The number of benzene rings is 2. The predicted molar refractivity (Wildman–Crippen MR) is 147 cm³/mol. The van der Waals surface area contributed by atoms with Gasteiger partial charge in [-0.1, -0.05) is 59.2 Å². The van der Waals surface area contributed by atoms with Crippen molar-refractivity contribution in [2.24, 2.45) is 0 Å². The highest BCUT2D eigenvalue weighted by Crippen LogP contribution is 2.60. The number of hydrogen-bond donors (Lipinski definition) is 2. The van der Waals surface area contributed by atoms with E-state index in [1.54, 1.807) is 13.0 Å². The Kier molecular flexibility index (Phi) is 6.25. The molecule has 4 saturated carbocycles. The number of rotatable bonds is 7. The summed E-state index contributed by atoms with van der Waals surface area (Å²) in [7, 11) is 0. The first-order chi connectivity index (χ1) is 18.7. The highest BCUT2D eigenvalue weighted by molar-refractivity contribution is 6.31. The van der Waals surface area contributed by atoms with Gasteiger partial charge in [-0.15, -0.1) is 0 Å². The minimum absolute atomic E-state index is 0.0895. The molecule has 4 fully saturated rings. The van der Waals surface area contributed by atoms with Gasteiger partial charge in [0.25, 0.3) is 0 Å². The second-order valence-corrected chi connectivity index (χ2v) is 12.1. The molecule has 2 N–H and O–H groups in total. The van der Waals surface area contributed by atoms with Crippen LogP contribution in [0.15, 0.2) is 53.1 Å². The van der Waals surface area contributed by atoms with Crippen molar-refractivity contribution in [2.45, 2.75) is 87.6 Å². The maximum absolute atomic E-state index is 12.9. The lowest BCUT2D eigenvalue weighted by Gasteiger charge is -2.53. The van der Waals surface area contributed by atoms with E-state index in [-0.39, 0.29) is 10.8 Å². The van der Waals surface area contributed by atoms with E-state index >= 15 is 0 Å². The first kappa shape index (κ1) is 25.9. The molecule has 2 aromatic carbocycles. The Bertz CT molecular complexity index is 1400. The molecule has 7 rings (SSSR count). The number of carboxylic acids is 1. The van der Waals surface area contributed by atoms with Gasteiger partial charge in [0, 0.05) is 16.0 Å². The SMILES string of the molecule is Cc1noc(C23CCC(c4ccc(C5(C(=O)O)CC5)cc4)(CC2)CC3)c1NC(=O)OC(C)c1ccccc1Cl. The third-order valence-electron chi connectivity index (χ3n) is 9.65. The fourth-order valence-corrected chi connectivity index (χ4v) is 7.18. The molecule has 0 spiro atoms. The summed E-state index contributed by atoms with van der Waals surface area (Å²) in [6, 6.07) is 15.7. The summed E-state index contributed by atoms with van der Waals surface area (Å²) in [6.45, 7) is 3.62. The summed E-state index contributed by atoms with van der Waals surface area (Å²) in [5.41, 5.74) is 3.43. The van der Waals surface area contributed by atoms with Crippen LogP contribution in [0.3, 0.4) is 0 Å². The number of carbonyl (C=O) groups excluding carboxylic acids is 1. The summed E-state index contributed by atoms with van der Waals surface area (Å²) in [6.07, 6.45) is 6.16. The Balaban J connectivity index is 1.16. The zero-order chi connectivity index (χ0) is 27.4. The number of carboxylic acid groups (broad SMARTS) is 1. The number of ether oxygens (including phenoxy) is 1. The lowest BCUT2D eigenvalue weighted by atomic mass is 9.51. The Morgan fingerprint density at radius 3 is 2.13 bits per heavy atom. The van der Waals surface area contributed by atoms with E-state index in [9.17, 15) is 14.7 Å². The molecule has 0 aliphatic heterocycles. The highest BCUT2D eigenvalue weighted by atomic mass is 35.5.